The van der Waals surface area contributed by atoms with Crippen LogP contribution in [0.15, 0.2) is 24.3 Å². The molecule has 0 spiro atoms. The first-order valence-corrected chi connectivity index (χ1v) is 5.55. The molecule has 1 unspecified atom stereocenters. The summed E-state index contributed by atoms with van der Waals surface area (Å²) in [6.45, 7) is 3.36. The van der Waals surface area contributed by atoms with Crippen molar-refractivity contribution in [2.75, 3.05) is 6.61 Å². The zero-order valence-corrected chi connectivity index (χ0v) is 10.2. The van der Waals surface area contributed by atoms with Crippen LogP contribution in [0.5, 0.6) is 5.75 Å². The highest BCUT2D eigenvalue weighted by Gasteiger charge is 2.32. The first-order valence-electron chi connectivity index (χ1n) is 5.55. The van der Waals surface area contributed by atoms with Gasteiger partial charge in [-0.1, -0.05) is 18.2 Å². The zero-order valence-electron chi connectivity index (χ0n) is 10.2. The zero-order chi connectivity index (χ0) is 13.8. The number of nitrogens with one attached hydrogen (secondary N) is 1. The number of ether oxygens (including phenoxy) is 1. The molecule has 2 atom stereocenters. The Morgan fingerprint density at radius 3 is 2.44 bits per heavy atom. The molecule has 0 amide bonds. The molecule has 3 nitrogen and oxygen atoms in total. The number of hydrogen-bond donors (Lipinski definition) is 2. The van der Waals surface area contributed by atoms with Crippen LogP contribution in [-0.2, 0) is 0 Å². The van der Waals surface area contributed by atoms with E-state index in [0.29, 0.717) is 5.56 Å². The van der Waals surface area contributed by atoms with E-state index in [9.17, 15) is 13.2 Å². The van der Waals surface area contributed by atoms with Gasteiger partial charge in [0.25, 0.3) is 0 Å². The summed E-state index contributed by atoms with van der Waals surface area (Å²) in [4.78, 5) is 0. The van der Waals surface area contributed by atoms with Crippen LogP contribution >= 0.6 is 0 Å². The average molecular weight is 263 g/mol. The topological polar surface area (TPSA) is 41.5 Å². The Bertz CT molecular complexity index is 382. The molecule has 1 rings (SSSR count). The molecule has 18 heavy (non-hydrogen) atoms. The van der Waals surface area contributed by atoms with E-state index in [4.69, 9.17) is 5.11 Å². The fourth-order valence-corrected chi connectivity index (χ4v) is 1.63. The standard InChI is InChI=1S/C12H16F3NO2/c1-8(7-17)16-9(2)10-5-3-4-6-11(10)18-12(13,14)15/h3-6,8-9,16-17H,7H2,1-2H3/t8-,9?/m1/s1. The minimum atomic E-state index is -4.71. The van der Waals surface area contributed by atoms with Gasteiger partial charge in [0.15, 0.2) is 0 Å². The molecule has 0 aliphatic rings. The number of halogens is 3. The van der Waals surface area contributed by atoms with Crippen molar-refractivity contribution in [1.29, 1.82) is 0 Å². The monoisotopic (exact) mass is 263 g/mol. The van der Waals surface area contributed by atoms with Crippen molar-refractivity contribution in [1.82, 2.24) is 5.32 Å². The van der Waals surface area contributed by atoms with Gasteiger partial charge in [0.05, 0.1) is 6.61 Å². The van der Waals surface area contributed by atoms with Crippen LogP contribution in [0.25, 0.3) is 0 Å². The third-order valence-corrected chi connectivity index (χ3v) is 2.42. The average Bonchev–Trinajstić information content (AvgIpc) is 2.27. The number of aliphatic hydroxyl groups excluding tert-OH is 1. The smallest absolute Gasteiger partial charge is 0.405 e. The first-order chi connectivity index (χ1) is 8.33. The summed E-state index contributed by atoms with van der Waals surface area (Å²) in [6, 6.07) is 5.38. The Morgan fingerprint density at radius 1 is 1.28 bits per heavy atom. The normalized spacial score (nSPS) is 15.2. The molecule has 0 fully saturated rings. The summed E-state index contributed by atoms with van der Waals surface area (Å²) in [7, 11) is 0. The van der Waals surface area contributed by atoms with Crippen molar-refractivity contribution in [3.8, 4) is 5.75 Å². The van der Waals surface area contributed by atoms with Crippen molar-refractivity contribution in [3.63, 3.8) is 0 Å². The van der Waals surface area contributed by atoms with E-state index in [1.165, 1.54) is 12.1 Å². The van der Waals surface area contributed by atoms with Crippen LogP contribution in [0.3, 0.4) is 0 Å². The summed E-state index contributed by atoms with van der Waals surface area (Å²) in [6.07, 6.45) is -4.71. The van der Waals surface area contributed by atoms with E-state index >= 15 is 0 Å². The lowest BCUT2D eigenvalue weighted by Gasteiger charge is -2.21. The Kier molecular flexibility index (Phi) is 4.98. The Hall–Kier alpha value is -1.27. The number of benzene rings is 1. The molecule has 102 valence electrons. The minimum Gasteiger partial charge on any atom is -0.405 e. The number of rotatable bonds is 5. The van der Waals surface area contributed by atoms with Crippen molar-refractivity contribution in [2.45, 2.75) is 32.3 Å². The van der Waals surface area contributed by atoms with E-state index < -0.39 is 6.36 Å². The van der Waals surface area contributed by atoms with E-state index in [1.54, 1.807) is 26.0 Å². The summed E-state index contributed by atoms with van der Waals surface area (Å²) in [5.41, 5.74) is 0.398. The van der Waals surface area contributed by atoms with Crippen LogP contribution in [0.2, 0.25) is 0 Å². The second-order valence-corrected chi connectivity index (χ2v) is 4.06. The molecule has 0 heterocycles. The highest BCUT2D eigenvalue weighted by Crippen LogP contribution is 2.30. The summed E-state index contributed by atoms with van der Waals surface area (Å²) in [5, 5.41) is 11.9. The van der Waals surface area contributed by atoms with Gasteiger partial charge in [0.2, 0.25) is 0 Å². The highest BCUT2D eigenvalue weighted by molar-refractivity contribution is 5.35. The number of hydrogen-bond acceptors (Lipinski definition) is 3. The number of aliphatic hydroxyl groups is 1. The molecule has 1 aromatic carbocycles. The molecule has 1 aromatic rings. The van der Waals surface area contributed by atoms with Crippen LogP contribution in [0.1, 0.15) is 25.5 Å². The molecule has 0 saturated heterocycles. The van der Waals surface area contributed by atoms with Gasteiger partial charge in [0.1, 0.15) is 5.75 Å². The third kappa shape index (κ3) is 4.54. The van der Waals surface area contributed by atoms with Crippen molar-refractivity contribution in [2.24, 2.45) is 0 Å². The predicted molar refractivity (Wildman–Crippen MR) is 61.2 cm³/mol. The molecule has 6 heteroatoms. The van der Waals surface area contributed by atoms with Crippen LogP contribution in [0.4, 0.5) is 13.2 Å². The van der Waals surface area contributed by atoms with E-state index in [1.807, 2.05) is 0 Å². The van der Waals surface area contributed by atoms with Gasteiger partial charge in [0, 0.05) is 17.6 Å². The Labute approximate surface area is 104 Å². The van der Waals surface area contributed by atoms with E-state index in [2.05, 4.69) is 10.1 Å². The second-order valence-electron chi connectivity index (χ2n) is 4.06. The second kappa shape index (κ2) is 6.06. The molecule has 2 N–H and O–H groups in total. The fraction of sp³-hybridized carbons (Fsp3) is 0.500. The van der Waals surface area contributed by atoms with Crippen LogP contribution < -0.4 is 10.1 Å². The molecule has 0 aromatic heterocycles. The highest BCUT2D eigenvalue weighted by atomic mass is 19.4. The quantitative estimate of drug-likeness (QED) is 0.858. The molecule has 0 aliphatic carbocycles. The first kappa shape index (κ1) is 14.8. The van der Waals surface area contributed by atoms with Gasteiger partial charge in [-0.2, -0.15) is 0 Å². The van der Waals surface area contributed by atoms with Crippen molar-refractivity contribution < 1.29 is 23.0 Å². The molecule has 0 aliphatic heterocycles. The van der Waals surface area contributed by atoms with Crippen molar-refractivity contribution >= 4 is 0 Å². The number of para-hydroxylation sites is 1. The van der Waals surface area contributed by atoms with Gasteiger partial charge in [-0.15, -0.1) is 13.2 Å². The van der Waals surface area contributed by atoms with E-state index in [-0.39, 0.29) is 24.4 Å². The third-order valence-electron chi connectivity index (χ3n) is 2.42. The molecular weight excluding hydrogens is 247 g/mol. The summed E-state index contributed by atoms with van der Waals surface area (Å²) >= 11 is 0. The lowest BCUT2D eigenvalue weighted by Crippen LogP contribution is -2.32. The van der Waals surface area contributed by atoms with Gasteiger partial charge < -0.3 is 15.2 Å². The lowest BCUT2D eigenvalue weighted by molar-refractivity contribution is -0.275. The SMILES string of the molecule is CC(N[C@H](C)CO)c1ccccc1OC(F)(F)F. The summed E-state index contributed by atoms with van der Waals surface area (Å²) < 4.78 is 40.7. The van der Waals surface area contributed by atoms with Crippen LogP contribution in [0, 0.1) is 0 Å². The maximum Gasteiger partial charge on any atom is 0.573 e. The van der Waals surface area contributed by atoms with Crippen LogP contribution in [-0.4, -0.2) is 24.1 Å². The van der Waals surface area contributed by atoms with Gasteiger partial charge in [-0.3, -0.25) is 0 Å². The molecule has 0 radical (unpaired) electrons. The van der Waals surface area contributed by atoms with Gasteiger partial charge >= 0.3 is 6.36 Å². The maximum atomic E-state index is 12.2. The van der Waals surface area contributed by atoms with Gasteiger partial charge in [-0.25, -0.2) is 0 Å². The van der Waals surface area contributed by atoms with Gasteiger partial charge in [-0.05, 0) is 19.9 Å². The lowest BCUT2D eigenvalue weighted by atomic mass is 10.1. The Balaban J connectivity index is 2.87. The summed E-state index contributed by atoms with van der Waals surface area (Å²) in [5.74, 6) is -0.227. The van der Waals surface area contributed by atoms with Crippen molar-refractivity contribution in [3.05, 3.63) is 29.8 Å². The molecule has 0 bridgehead atoms. The minimum absolute atomic E-state index is 0.0906. The Morgan fingerprint density at radius 2 is 1.89 bits per heavy atom. The number of alkyl halides is 3. The molecule has 0 saturated carbocycles. The molecular formula is C12H16F3NO2. The fourth-order valence-electron chi connectivity index (χ4n) is 1.63. The predicted octanol–water partition coefficient (Wildman–Crippen LogP) is 2.62. The van der Waals surface area contributed by atoms with E-state index in [0.717, 1.165) is 0 Å². The largest absolute Gasteiger partial charge is 0.573 e. The maximum absolute atomic E-state index is 12.2.